The van der Waals surface area contributed by atoms with Crippen molar-refractivity contribution in [3.63, 3.8) is 0 Å². The fourth-order valence-electron chi connectivity index (χ4n) is 1.83. The highest BCUT2D eigenvalue weighted by molar-refractivity contribution is 9.10. The van der Waals surface area contributed by atoms with Crippen molar-refractivity contribution in [2.75, 3.05) is 24.3 Å². The lowest BCUT2D eigenvalue weighted by molar-refractivity contribution is 0.255. The van der Waals surface area contributed by atoms with Crippen molar-refractivity contribution >= 4 is 39.4 Å². The van der Waals surface area contributed by atoms with E-state index >= 15 is 0 Å². The number of hydrogen-bond donors (Lipinski definition) is 2. The van der Waals surface area contributed by atoms with E-state index in [0.717, 1.165) is 21.4 Å². The lowest BCUT2D eigenvalue weighted by Crippen LogP contribution is -2.23. The normalized spacial score (nSPS) is 10.5. The third-order valence-electron chi connectivity index (χ3n) is 3.02. The maximum atomic E-state index is 11.8. The first kappa shape index (κ1) is 16.1. The number of carbonyl (C=O) groups excluding carboxylic acids is 1. The molecule has 0 spiro atoms. The third-order valence-corrected chi connectivity index (χ3v) is 3.75. The van der Waals surface area contributed by atoms with Crippen LogP contribution in [0.1, 0.15) is 5.56 Å². The van der Waals surface area contributed by atoms with Crippen LogP contribution in [-0.4, -0.2) is 20.1 Å². The number of rotatable bonds is 4. The van der Waals surface area contributed by atoms with E-state index in [1.165, 1.54) is 0 Å². The van der Waals surface area contributed by atoms with Gasteiger partial charge in [0.1, 0.15) is 0 Å². The second-order valence-electron chi connectivity index (χ2n) is 4.89. The molecule has 0 aromatic heterocycles. The molecule has 2 aromatic rings. The van der Waals surface area contributed by atoms with E-state index in [1.807, 2.05) is 73.6 Å². The molecule has 2 N–H and O–H groups in total. The molecule has 0 unspecified atom stereocenters. The van der Waals surface area contributed by atoms with E-state index in [4.69, 9.17) is 0 Å². The minimum atomic E-state index is -0.277. The van der Waals surface area contributed by atoms with Gasteiger partial charge in [0.05, 0.1) is 0 Å². The first-order chi connectivity index (χ1) is 10.6. The number of halogens is 1. The van der Waals surface area contributed by atoms with Crippen molar-refractivity contribution in [1.29, 1.82) is 0 Å². The molecule has 0 bridgehead atoms. The van der Waals surface area contributed by atoms with Crippen molar-refractivity contribution in [3.8, 4) is 0 Å². The molecular formula is C17H18BrN3O. The van der Waals surface area contributed by atoms with Crippen LogP contribution in [0.25, 0.3) is 6.08 Å². The van der Waals surface area contributed by atoms with E-state index in [0.29, 0.717) is 0 Å². The van der Waals surface area contributed by atoms with E-state index in [1.54, 1.807) is 6.20 Å². The van der Waals surface area contributed by atoms with Gasteiger partial charge >= 0.3 is 6.03 Å². The van der Waals surface area contributed by atoms with Gasteiger partial charge in [0.25, 0.3) is 0 Å². The lowest BCUT2D eigenvalue weighted by Gasteiger charge is -2.12. The van der Waals surface area contributed by atoms with Gasteiger partial charge in [0.2, 0.25) is 0 Å². The molecule has 0 heterocycles. The van der Waals surface area contributed by atoms with Gasteiger partial charge in [0.15, 0.2) is 0 Å². The van der Waals surface area contributed by atoms with Gasteiger partial charge in [-0.3, -0.25) is 0 Å². The monoisotopic (exact) mass is 359 g/mol. The minimum Gasteiger partial charge on any atom is -0.378 e. The molecule has 0 aliphatic heterocycles. The predicted molar refractivity (Wildman–Crippen MR) is 96.1 cm³/mol. The highest BCUT2D eigenvalue weighted by atomic mass is 79.9. The van der Waals surface area contributed by atoms with Crippen LogP contribution in [0.3, 0.4) is 0 Å². The minimum absolute atomic E-state index is 0.277. The van der Waals surface area contributed by atoms with Crippen molar-refractivity contribution in [2.45, 2.75) is 0 Å². The van der Waals surface area contributed by atoms with Gasteiger partial charge in [-0.05, 0) is 42.0 Å². The largest absolute Gasteiger partial charge is 0.378 e. The quantitative estimate of drug-likeness (QED) is 0.854. The van der Waals surface area contributed by atoms with E-state index < -0.39 is 0 Å². The van der Waals surface area contributed by atoms with Crippen LogP contribution in [-0.2, 0) is 0 Å². The van der Waals surface area contributed by atoms with Crippen molar-refractivity contribution in [1.82, 2.24) is 5.32 Å². The molecule has 0 aliphatic rings. The number of benzene rings is 2. The van der Waals surface area contributed by atoms with E-state index in [-0.39, 0.29) is 6.03 Å². The summed E-state index contributed by atoms with van der Waals surface area (Å²) in [4.78, 5) is 13.8. The average molecular weight is 360 g/mol. The van der Waals surface area contributed by atoms with Gasteiger partial charge in [0, 0.05) is 36.1 Å². The van der Waals surface area contributed by atoms with E-state index in [2.05, 4.69) is 26.6 Å². The number of nitrogens with zero attached hydrogens (tertiary/aromatic N) is 1. The molecule has 2 aromatic carbocycles. The Morgan fingerprint density at radius 2 is 1.77 bits per heavy atom. The molecule has 0 aliphatic carbocycles. The Bertz CT molecular complexity index is 666. The Labute approximate surface area is 139 Å². The summed E-state index contributed by atoms with van der Waals surface area (Å²) < 4.78 is 0.979. The second kappa shape index (κ2) is 7.66. The molecular weight excluding hydrogens is 342 g/mol. The Hall–Kier alpha value is -2.27. The summed E-state index contributed by atoms with van der Waals surface area (Å²) in [6, 6.07) is 15.2. The van der Waals surface area contributed by atoms with Crippen LogP contribution in [0.15, 0.2) is 59.2 Å². The topological polar surface area (TPSA) is 44.4 Å². The molecule has 2 amide bonds. The zero-order valence-corrected chi connectivity index (χ0v) is 14.1. The molecule has 0 atom stereocenters. The smallest absolute Gasteiger partial charge is 0.323 e. The Morgan fingerprint density at radius 3 is 2.41 bits per heavy atom. The second-order valence-corrected chi connectivity index (χ2v) is 5.75. The van der Waals surface area contributed by atoms with Gasteiger partial charge in [-0.15, -0.1) is 0 Å². The Morgan fingerprint density at radius 1 is 1.09 bits per heavy atom. The number of amides is 2. The van der Waals surface area contributed by atoms with Gasteiger partial charge < -0.3 is 15.5 Å². The summed E-state index contributed by atoms with van der Waals surface area (Å²) in [6.45, 7) is 0. The summed E-state index contributed by atoms with van der Waals surface area (Å²) in [7, 11) is 3.95. The standard InChI is InChI=1S/C17H18BrN3O/c1-21(2)15-9-7-14(8-10-15)20-17(22)19-12-11-13-5-3-4-6-16(13)18/h3-12H,1-2H3,(H2,19,20,22)/b12-11+. The molecule has 0 radical (unpaired) electrons. The molecule has 4 nitrogen and oxygen atoms in total. The summed E-state index contributed by atoms with van der Waals surface area (Å²) in [6.07, 6.45) is 3.45. The van der Waals surface area contributed by atoms with Crippen LogP contribution in [0.2, 0.25) is 0 Å². The van der Waals surface area contributed by atoms with Crippen molar-refractivity contribution in [3.05, 3.63) is 64.8 Å². The molecule has 0 fully saturated rings. The van der Waals surface area contributed by atoms with Crippen LogP contribution < -0.4 is 15.5 Å². The highest BCUT2D eigenvalue weighted by Crippen LogP contribution is 2.17. The van der Waals surface area contributed by atoms with Gasteiger partial charge in [-0.25, -0.2) is 4.79 Å². The maximum Gasteiger partial charge on any atom is 0.323 e. The third kappa shape index (κ3) is 4.63. The first-order valence-electron chi connectivity index (χ1n) is 6.82. The SMILES string of the molecule is CN(C)c1ccc(NC(=O)N/C=C/c2ccccc2Br)cc1. The fourth-order valence-corrected chi connectivity index (χ4v) is 2.24. The Balaban J connectivity index is 1.89. The molecule has 0 saturated heterocycles. The molecule has 0 saturated carbocycles. The van der Waals surface area contributed by atoms with Crippen LogP contribution >= 0.6 is 15.9 Å². The summed E-state index contributed by atoms with van der Waals surface area (Å²) in [5.74, 6) is 0. The fraction of sp³-hybridized carbons (Fsp3) is 0.118. The zero-order valence-electron chi connectivity index (χ0n) is 12.5. The van der Waals surface area contributed by atoms with Crippen LogP contribution in [0, 0.1) is 0 Å². The number of nitrogens with one attached hydrogen (secondary N) is 2. The molecule has 2 rings (SSSR count). The van der Waals surface area contributed by atoms with Crippen molar-refractivity contribution < 1.29 is 4.79 Å². The average Bonchev–Trinajstić information content (AvgIpc) is 2.50. The summed E-state index contributed by atoms with van der Waals surface area (Å²) in [5.41, 5.74) is 2.83. The zero-order chi connectivity index (χ0) is 15.9. The Kier molecular flexibility index (Phi) is 5.61. The molecule has 22 heavy (non-hydrogen) atoms. The van der Waals surface area contributed by atoms with Gasteiger partial charge in [-0.1, -0.05) is 34.1 Å². The summed E-state index contributed by atoms with van der Waals surface area (Å²) >= 11 is 3.45. The lowest BCUT2D eigenvalue weighted by atomic mass is 10.2. The summed E-state index contributed by atoms with van der Waals surface area (Å²) in [5, 5.41) is 5.46. The highest BCUT2D eigenvalue weighted by Gasteiger charge is 2.00. The van der Waals surface area contributed by atoms with Crippen LogP contribution in [0.4, 0.5) is 16.2 Å². The van der Waals surface area contributed by atoms with Crippen molar-refractivity contribution in [2.24, 2.45) is 0 Å². The first-order valence-corrected chi connectivity index (χ1v) is 7.61. The number of anilines is 2. The van der Waals surface area contributed by atoms with Gasteiger partial charge in [-0.2, -0.15) is 0 Å². The predicted octanol–water partition coefficient (Wildman–Crippen LogP) is 4.31. The number of carbonyl (C=O) groups is 1. The number of urea groups is 1. The number of hydrogen-bond acceptors (Lipinski definition) is 2. The molecule has 114 valence electrons. The maximum absolute atomic E-state index is 11.8. The van der Waals surface area contributed by atoms with E-state index in [9.17, 15) is 4.79 Å². The van der Waals surface area contributed by atoms with Crippen LogP contribution in [0.5, 0.6) is 0 Å². The molecule has 5 heteroatoms.